The Hall–Kier alpha value is -0.640. The summed E-state index contributed by atoms with van der Waals surface area (Å²) in [6.45, 7) is 6.56. The summed E-state index contributed by atoms with van der Waals surface area (Å²) in [5.74, 6) is 1.22. The van der Waals surface area contributed by atoms with E-state index in [1.165, 1.54) is 14.9 Å². The number of rotatable bonds is 6. The van der Waals surface area contributed by atoms with Crippen molar-refractivity contribution >= 4 is 27.3 Å². The van der Waals surface area contributed by atoms with Gasteiger partial charge >= 0.3 is 0 Å². The molecule has 102 valence electrons. The van der Waals surface area contributed by atoms with E-state index in [0.717, 1.165) is 13.1 Å². The molecule has 2 aromatic rings. The second kappa shape index (κ2) is 7.22. The van der Waals surface area contributed by atoms with Gasteiger partial charge in [-0.15, -0.1) is 11.3 Å². The Morgan fingerprint density at radius 3 is 2.53 bits per heavy atom. The highest BCUT2D eigenvalue weighted by atomic mass is 79.9. The van der Waals surface area contributed by atoms with E-state index in [1.807, 2.05) is 0 Å². The Labute approximate surface area is 128 Å². The molecule has 1 heterocycles. The van der Waals surface area contributed by atoms with Gasteiger partial charge in [0.2, 0.25) is 0 Å². The highest BCUT2D eigenvalue weighted by Crippen LogP contribution is 2.24. The molecule has 0 aliphatic heterocycles. The quantitative estimate of drug-likeness (QED) is 0.778. The Balaban J connectivity index is 1.91. The molecule has 0 amide bonds. The van der Waals surface area contributed by atoms with Crippen molar-refractivity contribution in [2.24, 2.45) is 5.92 Å². The first-order valence-electron chi connectivity index (χ1n) is 6.65. The Morgan fingerprint density at radius 2 is 1.95 bits per heavy atom. The van der Waals surface area contributed by atoms with E-state index in [9.17, 15) is 0 Å². The third kappa shape index (κ3) is 4.44. The summed E-state index contributed by atoms with van der Waals surface area (Å²) in [6.07, 6.45) is 0. The lowest BCUT2D eigenvalue weighted by atomic mass is 9.88. The van der Waals surface area contributed by atoms with Gasteiger partial charge in [-0.1, -0.05) is 44.2 Å². The molecular weight excluding hydrogens is 318 g/mol. The van der Waals surface area contributed by atoms with Crippen molar-refractivity contribution in [2.75, 3.05) is 6.54 Å². The van der Waals surface area contributed by atoms with Crippen LogP contribution in [0.4, 0.5) is 0 Å². The number of benzene rings is 1. The van der Waals surface area contributed by atoms with Gasteiger partial charge < -0.3 is 5.32 Å². The minimum Gasteiger partial charge on any atom is -0.311 e. The number of nitrogens with one attached hydrogen (secondary N) is 1. The maximum absolute atomic E-state index is 3.58. The average Bonchev–Trinajstić information content (AvgIpc) is 2.81. The summed E-state index contributed by atoms with van der Waals surface area (Å²) < 4.78 is 1.18. The molecule has 0 aliphatic rings. The van der Waals surface area contributed by atoms with Crippen LogP contribution < -0.4 is 5.32 Å². The van der Waals surface area contributed by atoms with E-state index < -0.39 is 0 Å². The molecule has 1 nitrogen and oxygen atoms in total. The SMILES string of the molecule is CC(C)C(CNCc1cc(Br)cs1)c1ccccc1. The standard InChI is InChI=1S/C16H20BrNS/c1-12(2)16(13-6-4-3-5-7-13)10-18-9-15-8-14(17)11-19-15/h3-8,11-12,16,18H,9-10H2,1-2H3. The molecule has 0 aliphatic carbocycles. The van der Waals surface area contributed by atoms with Gasteiger partial charge in [0.15, 0.2) is 0 Å². The fraction of sp³-hybridized carbons (Fsp3) is 0.375. The summed E-state index contributed by atoms with van der Waals surface area (Å²) in [5, 5.41) is 5.72. The molecule has 2 rings (SSSR count). The fourth-order valence-electron chi connectivity index (χ4n) is 2.24. The van der Waals surface area contributed by atoms with E-state index in [2.05, 4.69) is 76.9 Å². The third-order valence-electron chi connectivity index (χ3n) is 3.32. The average molecular weight is 338 g/mol. The molecule has 0 saturated heterocycles. The van der Waals surface area contributed by atoms with Crippen molar-refractivity contribution in [2.45, 2.75) is 26.3 Å². The molecule has 3 heteroatoms. The third-order valence-corrected chi connectivity index (χ3v) is 5.02. The van der Waals surface area contributed by atoms with E-state index in [-0.39, 0.29) is 0 Å². The van der Waals surface area contributed by atoms with Crippen LogP contribution in [0.3, 0.4) is 0 Å². The Bertz CT molecular complexity index is 492. The number of halogens is 1. The van der Waals surface area contributed by atoms with Crippen molar-refractivity contribution < 1.29 is 0 Å². The van der Waals surface area contributed by atoms with Crippen LogP contribution in [0.1, 0.15) is 30.2 Å². The van der Waals surface area contributed by atoms with Crippen LogP contribution >= 0.6 is 27.3 Å². The maximum Gasteiger partial charge on any atom is 0.0300 e. The highest BCUT2D eigenvalue weighted by molar-refractivity contribution is 9.10. The van der Waals surface area contributed by atoms with Gasteiger partial charge in [0, 0.05) is 27.8 Å². The van der Waals surface area contributed by atoms with Gasteiger partial charge in [0.1, 0.15) is 0 Å². The van der Waals surface area contributed by atoms with Gasteiger partial charge in [0.05, 0.1) is 0 Å². The van der Waals surface area contributed by atoms with E-state index in [0.29, 0.717) is 11.8 Å². The topological polar surface area (TPSA) is 12.0 Å². The lowest BCUT2D eigenvalue weighted by Gasteiger charge is -2.21. The normalized spacial score (nSPS) is 12.8. The van der Waals surface area contributed by atoms with Crippen LogP contribution in [-0.2, 0) is 6.54 Å². The molecule has 0 radical (unpaired) electrons. The van der Waals surface area contributed by atoms with Crippen molar-refractivity contribution in [3.63, 3.8) is 0 Å². The molecule has 0 saturated carbocycles. The van der Waals surface area contributed by atoms with E-state index in [4.69, 9.17) is 0 Å². The first-order valence-corrected chi connectivity index (χ1v) is 8.32. The predicted octanol–water partition coefficient (Wildman–Crippen LogP) is 5.04. The first-order chi connectivity index (χ1) is 9.16. The zero-order valence-electron chi connectivity index (χ0n) is 11.4. The zero-order valence-corrected chi connectivity index (χ0v) is 13.8. The molecular formula is C16H20BrNS. The molecule has 0 spiro atoms. The van der Waals surface area contributed by atoms with Crippen LogP contribution in [0.25, 0.3) is 0 Å². The van der Waals surface area contributed by atoms with Gasteiger partial charge in [-0.25, -0.2) is 0 Å². The zero-order chi connectivity index (χ0) is 13.7. The second-order valence-electron chi connectivity index (χ2n) is 5.12. The molecule has 1 unspecified atom stereocenters. The summed E-state index contributed by atoms with van der Waals surface area (Å²) in [7, 11) is 0. The van der Waals surface area contributed by atoms with Crippen LogP contribution in [0.2, 0.25) is 0 Å². The predicted molar refractivity (Wildman–Crippen MR) is 87.7 cm³/mol. The summed E-state index contributed by atoms with van der Waals surface area (Å²) in [6, 6.07) is 13.0. The fourth-order valence-corrected chi connectivity index (χ4v) is 3.66. The van der Waals surface area contributed by atoms with Gasteiger partial charge in [-0.05, 0) is 39.4 Å². The van der Waals surface area contributed by atoms with Crippen molar-refractivity contribution in [1.29, 1.82) is 0 Å². The van der Waals surface area contributed by atoms with Crippen LogP contribution in [-0.4, -0.2) is 6.54 Å². The molecule has 1 N–H and O–H groups in total. The first kappa shape index (κ1) is 14.8. The molecule has 0 bridgehead atoms. The van der Waals surface area contributed by atoms with E-state index in [1.54, 1.807) is 11.3 Å². The summed E-state index contributed by atoms with van der Waals surface area (Å²) >= 11 is 5.29. The lowest BCUT2D eigenvalue weighted by Crippen LogP contribution is -2.24. The van der Waals surface area contributed by atoms with Crippen LogP contribution in [0.15, 0.2) is 46.3 Å². The molecule has 1 atom stereocenters. The van der Waals surface area contributed by atoms with E-state index >= 15 is 0 Å². The minimum atomic E-state index is 0.574. The number of hydrogen-bond donors (Lipinski definition) is 1. The minimum absolute atomic E-state index is 0.574. The molecule has 0 fully saturated rings. The Morgan fingerprint density at radius 1 is 1.21 bits per heavy atom. The molecule has 1 aromatic carbocycles. The van der Waals surface area contributed by atoms with Gasteiger partial charge in [0.25, 0.3) is 0 Å². The highest BCUT2D eigenvalue weighted by Gasteiger charge is 2.15. The van der Waals surface area contributed by atoms with Crippen molar-refractivity contribution in [1.82, 2.24) is 5.32 Å². The second-order valence-corrected chi connectivity index (χ2v) is 7.03. The Kier molecular flexibility index (Phi) is 5.61. The monoisotopic (exact) mass is 337 g/mol. The lowest BCUT2D eigenvalue weighted by molar-refractivity contribution is 0.462. The van der Waals surface area contributed by atoms with Gasteiger partial charge in [-0.3, -0.25) is 0 Å². The molecule has 1 aromatic heterocycles. The maximum atomic E-state index is 3.58. The van der Waals surface area contributed by atoms with Crippen molar-refractivity contribution in [3.8, 4) is 0 Å². The number of hydrogen-bond acceptors (Lipinski definition) is 2. The molecule has 19 heavy (non-hydrogen) atoms. The number of thiophene rings is 1. The van der Waals surface area contributed by atoms with Gasteiger partial charge in [-0.2, -0.15) is 0 Å². The largest absolute Gasteiger partial charge is 0.311 e. The summed E-state index contributed by atoms with van der Waals surface area (Å²) in [4.78, 5) is 1.38. The smallest absolute Gasteiger partial charge is 0.0300 e. The van der Waals surface area contributed by atoms with Crippen molar-refractivity contribution in [3.05, 3.63) is 56.7 Å². The van der Waals surface area contributed by atoms with Crippen LogP contribution in [0, 0.1) is 5.92 Å². The van der Waals surface area contributed by atoms with Crippen LogP contribution in [0.5, 0.6) is 0 Å². The summed E-state index contributed by atoms with van der Waals surface area (Å²) in [5.41, 5.74) is 1.43.